The predicted molar refractivity (Wildman–Crippen MR) is 72.5 cm³/mol. The molecular weight excluding hydrogens is 228 g/mol. The van der Waals surface area contributed by atoms with E-state index in [0.29, 0.717) is 13.1 Å². The standard InChI is InChI=1S/C14H22N2O2/c1-4-15-10-14(18)16(5-2)11(3)12-7-6-8-13(17)9-12/h6-9,11,15,17H,4-5,10H2,1-3H3. The van der Waals surface area contributed by atoms with Gasteiger partial charge < -0.3 is 15.3 Å². The number of nitrogens with zero attached hydrogens (tertiary/aromatic N) is 1. The number of aromatic hydroxyl groups is 1. The zero-order valence-corrected chi connectivity index (χ0v) is 11.3. The minimum atomic E-state index is -0.0340. The van der Waals surface area contributed by atoms with Crippen LogP contribution in [0, 0.1) is 0 Å². The molecule has 0 aliphatic carbocycles. The Kier molecular flexibility index (Phi) is 5.65. The molecule has 0 radical (unpaired) electrons. The van der Waals surface area contributed by atoms with Crippen LogP contribution in [0.15, 0.2) is 24.3 Å². The maximum atomic E-state index is 12.0. The van der Waals surface area contributed by atoms with Crippen molar-refractivity contribution in [3.05, 3.63) is 29.8 Å². The fraction of sp³-hybridized carbons (Fsp3) is 0.500. The van der Waals surface area contributed by atoms with E-state index < -0.39 is 0 Å². The molecule has 1 aromatic carbocycles. The van der Waals surface area contributed by atoms with Gasteiger partial charge in [-0.1, -0.05) is 19.1 Å². The first-order chi connectivity index (χ1) is 8.60. The summed E-state index contributed by atoms with van der Waals surface area (Å²) in [5, 5.41) is 12.5. The summed E-state index contributed by atoms with van der Waals surface area (Å²) in [7, 11) is 0. The summed E-state index contributed by atoms with van der Waals surface area (Å²) in [6.07, 6.45) is 0. The van der Waals surface area contributed by atoms with E-state index in [9.17, 15) is 9.90 Å². The van der Waals surface area contributed by atoms with Gasteiger partial charge in [-0.15, -0.1) is 0 Å². The molecule has 2 N–H and O–H groups in total. The van der Waals surface area contributed by atoms with Crippen molar-refractivity contribution >= 4 is 5.91 Å². The van der Waals surface area contributed by atoms with Crippen molar-refractivity contribution in [2.24, 2.45) is 0 Å². The van der Waals surface area contributed by atoms with E-state index in [1.165, 1.54) is 0 Å². The van der Waals surface area contributed by atoms with Crippen LogP contribution in [0.25, 0.3) is 0 Å². The van der Waals surface area contributed by atoms with Crippen molar-refractivity contribution < 1.29 is 9.90 Å². The van der Waals surface area contributed by atoms with E-state index >= 15 is 0 Å². The molecule has 0 saturated carbocycles. The lowest BCUT2D eigenvalue weighted by atomic mass is 10.1. The van der Waals surface area contributed by atoms with Gasteiger partial charge in [0.2, 0.25) is 5.91 Å². The highest BCUT2D eigenvalue weighted by atomic mass is 16.3. The fourth-order valence-electron chi connectivity index (χ4n) is 1.96. The second-order valence-corrected chi connectivity index (χ2v) is 4.23. The highest BCUT2D eigenvalue weighted by Crippen LogP contribution is 2.23. The van der Waals surface area contributed by atoms with Crippen molar-refractivity contribution in [1.29, 1.82) is 0 Å². The Labute approximate surface area is 109 Å². The molecule has 0 aromatic heterocycles. The molecule has 0 fully saturated rings. The molecule has 1 rings (SSSR count). The van der Waals surface area contributed by atoms with Crippen LogP contribution >= 0.6 is 0 Å². The number of phenols is 1. The molecule has 18 heavy (non-hydrogen) atoms. The normalized spacial score (nSPS) is 12.2. The first-order valence-electron chi connectivity index (χ1n) is 6.39. The van der Waals surface area contributed by atoms with Crippen LogP contribution in [0.3, 0.4) is 0 Å². The molecule has 0 bridgehead atoms. The van der Waals surface area contributed by atoms with Crippen molar-refractivity contribution in [3.8, 4) is 5.75 Å². The van der Waals surface area contributed by atoms with Gasteiger partial charge in [0.25, 0.3) is 0 Å². The Hall–Kier alpha value is -1.55. The molecule has 1 aromatic rings. The van der Waals surface area contributed by atoms with Crippen LogP contribution in [0.4, 0.5) is 0 Å². The summed E-state index contributed by atoms with van der Waals surface area (Å²) in [5.41, 5.74) is 0.946. The minimum Gasteiger partial charge on any atom is -0.508 e. The number of benzene rings is 1. The summed E-state index contributed by atoms with van der Waals surface area (Å²) in [5.74, 6) is 0.310. The van der Waals surface area contributed by atoms with E-state index in [1.807, 2.05) is 26.8 Å². The predicted octanol–water partition coefficient (Wildman–Crippen LogP) is 1.91. The highest BCUT2D eigenvalue weighted by molar-refractivity contribution is 5.78. The summed E-state index contributed by atoms with van der Waals surface area (Å²) in [4.78, 5) is 13.8. The lowest BCUT2D eigenvalue weighted by molar-refractivity contribution is -0.132. The van der Waals surface area contributed by atoms with Crippen LogP contribution < -0.4 is 5.32 Å². The fourth-order valence-corrected chi connectivity index (χ4v) is 1.96. The quantitative estimate of drug-likeness (QED) is 0.811. The summed E-state index contributed by atoms with van der Waals surface area (Å²) >= 11 is 0. The molecule has 100 valence electrons. The third-order valence-electron chi connectivity index (χ3n) is 3.01. The van der Waals surface area contributed by atoms with Gasteiger partial charge in [-0.05, 0) is 38.1 Å². The highest BCUT2D eigenvalue weighted by Gasteiger charge is 2.19. The lowest BCUT2D eigenvalue weighted by Gasteiger charge is -2.28. The van der Waals surface area contributed by atoms with Gasteiger partial charge in [-0.3, -0.25) is 4.79 Å². The van der Waals surface area contributed by atoms with E-state index in [2.05, 4.69) is 5.32 Å². The van der Waals surface area contributed by atoms with Crippen molar-refractivity contribution in [3.63, 3.8) is 0 Å². The van der Waals surface area contributed by atoms with Gasteiger partial charge in [0.05, 0.1) is 12.6 Å². The van der Waals surface area contributed by atoms with Crippen LogP contribution in [0.5, 0.6) is 5.75 Å². The van der Waals surface area contributed by atoms with Gasteiger partial charge in [0.1, 0.15) is 5.75 Å². The molecule has 0 heterocycles. The Bertz CT molecular complexity index is 393. The third kappa shape index (κ3) is 3.74. The second kappa shape index (κ2) is 7.01. The molecule has 0 aliphatic heterocycles. The topological polar surface area (TPSA) is 52.6 Å². The first kappa shape index (κ1) is 14.5. The van der Waals surface area contributed by atoms with Gasteiger partial charge in [-0.2, -0.15) is 0 Å². The van der Waals surface area contributed by atoms with Crippen LogP contribution in [-0.4, -0.2) is 35.5 Å². The van der Waals surface area contributed by atoms with Crippen molar-refractivity contribution in [2.45, 2.75) is 26.8 Å². The molecule has 1 amide bonds. The maximum Gasteiger partial charge on any atom is 0.237 e. The first-order valence-corrected chi connectivity index (χ1v) is 6.39. The summed E-state index contributed by atoms with van der Waals surface area (Å²) in [6.45, 7) is 7.70. The van der Waals surface area contributed by atoms with Gasteiger partial charge in [0.15, 0.2) is 0 Å². The van der Waals surface area contributed by atoms with E-state index in [0.717, 1.165) is 12.1 Å². The Balaban J connectivity index is 2.78. The Morgan fingerprint density at radius 2 is 2.17 bits per heavy atom. The van der Waals surface area contributed by atoms with Gasteiger partial charge in [-0.25, -0.2) is 0 Å². The third-order valence-corrected chi connectivity index (χ3v) is 3.01. The summed E-state index contributed by atoms with van der Waals surface area (Å²) < 4.78 is 0. The molecular formula is C14H22N2O2. The number of nitrogens with one attached hydrogen (secondary N) is 1. The molecule has 4 nitrogen and oxygen atoms in total. The van der Waals surface area contributed by atoms with Gasteiger partial charge in [0, 0.05) is 6.54 Å². The zero-order chi connectivity index (χ0) is 13.5. The average Bonchev–Trinajstić information content (AvgIpc) is 2.37. The van der Waals surface area contributed by atoms with E-state index in [-0.39, 0.29) is 17.7 Å². The number of rotatable bonds is 6. The lowest BCUT2D eigenvalue weighted by Crippen LogP contribution is -2.39. The average molecular weight is 250 g/mol. The largest absolute Gasteiger partial charge is 0.508 e. The monoisotopic (exact) mass is 250 g/mol. The molecule has 0 spiro atoms. The van der Waals surface area contributed by atoms with E-state index in [4.69, 9.17) is 0 Å². The van der Waals surface area contributed by atoms with Crippen LogP contribution in [0.2, 0.25) is 0 Å². The Morgan fingerprint density at radius 1 is 1.44 bits per heavy atom. The number of amides is 1. The van der Waals surface area contributed by atoms with Crippen LogP contribution in [-0.2, 0) is 4.79 Å². The van der Waals surface area contributed by atoms with Crippen molar-refractivity contribution in [2.75, 3.05) is 19.6 Å². The minimum absolute atomic E-state index is 0.0340. The van der Waals surface area contributed by atoms with Gasteiger partial charge >= 0.3 is 0 Å². The molecule has 0 aliphatic rings. The summed E-state index contributed by atoms with van der Waals surface area (Å²) in [6, 6.07) is 7.02. The SMILES string of the molecule is CCNCC(=O)N(CC)C(C)c1cccc(O)c1. The van der Waals surface area contributed by atoms with E-state index in [1.54, 1.807) is 23.1 Å². The maximum absolute atomic E-state index is 12.0. The number of hydrogen-bond donors (Lipinski definition) is 2. The molecule has 1 atom stereocenters. The zero-order valence-electron chi connectivity index (χ0n) is 11.3. The van der Waals surface area contributed by atoms with Crippen LogP contribution in [0.1, 0.15) is 32.4 Å². The number of carbonyl (C=O) groups is 1. The smallest absolute Gasteiger partial charge is 0.237 e. The number of carbonyl (C=O) groups excluding carboxylic acids is 1. The second-order valence-electron chi connectivity index (χ2n) is 4.23. The number of phenolic OH excluding ortho intramolecular Hbond substituents is 1. The Morgan fingerprint density at radius 3 is 2.72 bits per heavy atom. The number of hydrogen-bond acceptors (Lipinski definition) is 3. The van der Waals surface area contributed by atoms with Crippen molar-refractivity contribution in [1.82, 2.24) is 10.2 Å². The number of likely N-dealkylation sites (N-methyl/N-ethyl adjacent to an activating group) is 2. The molecule has 4 heteroatoms. The molecule has 1 unspecified atom stereocenters. The molecule has 0 saturated heterocycles.